The maximum Gasteiger partial charge on any atom is 0.191 e. The van der Waals surface area contributed by atoms with Crippen molar-refractivity contribution in [3.8, 4) is 0 Å². The molecule has 0 aliphatic heterocycles. The Bertz CT molecular complexity index is 461. The zero-order chi connectivity index (χ0) is 16.9. The lowest BCUT2D eigenvalue weighted by Crippen LogP contribution is -2.39. The van der Waals surface area contributed by atoms with Crippen LogP contribution >= 0.6 is 0 Å². The lowest BCUT2D eigenvalue weighted by atomic mass is 10.4. The molecule has 8 heteroatoms. The maximum atomic E-state index is 5.50. The van der Waals surface area contributed by atoms with Crippen molar-refractivity contribution in [2.45, 2.75) is 33.2 Å². The second-order valence-electron chi connectivity index (χ2n) is 5.15. The number of nitrogens with zero attached hydrogens (tertiary/aromatic N) is 4. The molecule has 0 atom stereocenters. The van der Waals surface area contributed by atoms with Gasteiger partial charge in [-0.3, -0.25) is 4.99 Å². The van der Waals surface area contributed by atoms with Crippen LogP contribution in [0.25, 0.3) is 0 Å². The fourth-order valence-corrected chi connectivity index (χ4v) is 1.80. The molecule has 0 aliphatic rings. The topological polar surface area (TPSA) is 85.6 Å². The highest BCUT2D eigenvalue weighted by molar-refractivity contribution is 5.79. The Labute approximate surface area is 138 Å². The Hall–Kier alpha value is -1.67. The minimum Gasteiger partial charge on any atom is -0.379 e. The van der Waals surface area contributed by atoms with E-state index in [2.05, 4.69) is 32.7 Å². The van der Waals surface area contributed by atoms with Gasteiger partial charge < -0.3 is 24.7 Å². The first-order valence-electron chi connectivity index (χ1n) is 8.13. The van der Waals surface area contributed by atoms with E-state index in [0.29, 0.717) is 38.9 Å². The highest BCUT2D eigenvalue weighted by atomic mass is 16.5. The first kappa shape index (κ1) is 19.4. The summed E-state index contributed by atoms with van der Waals surface area (Å²) in [7, 11) is 3.68. The molecule has 1 aromatic heterocycles. The van der Waals surface area contributed by atoms with Crippen molar-refractivity contribution in [1.29, 1.82) is 0 Å². The number of guanidine groups is 1. The van der Waals surface area contributed by atoms with Crippen molar-refractivity contribution in [3.63, 3.8) is 0 Å². The maximum absolute atomic E-state index is 5.50. The van der Waals surface area contributed by atoms with Crippen LogP contribution in [-0.2, 0) is 23.1 Å². The minimum atomic E-state index is 0.573. The lowest BCUT2D eigenvalue weighted by Gasteiger charge is -2.12. The van der Waals surface area contributed by atoms with Crippen LogP contribution in [0.5, 0.6) is 0 Å². The van der Waals surface area contributed by atoms with Crippen LogP contribution in [0, 0.1) is 6.92 Å². The van der Waals surface area contributed by atoms with Gasteiger partial charge in [-0.05, 0) is 13.3 Å². The highest BCUT2D eigenvalue weighted by Gasteiger charge is 2.05. The van der Waals surface area contributed by atoms with Crippen LogP contribution in [0.3, 0.4) is 0 Å². The van der Waals surface area contributed by atoms with Crippen LogP contribution in [-0.4, -0.2) is 60.7 Å². The molecule has 0 bridgehead atoms. The van der Waals surface area contributed by atoms with Crippen molar-refractivity contribution in [2.75, 3.05) is 40.0 Å². The van der Waals surface area contributed by atoms with Gasteiger partial charge in [0.2, 0.25) is 0 Å². The van der Waals surface area contributed by atoms with Gasteiger partial charge in [0.15, 0.2) is 11.8 Å². The summed E-state index contributed by atoms with van der Waals surface area (Å²) in [6.07, 6.45) is 2.26. The zero-order valence-corrected chi connectivity index (χ0v) is 14.8. The van der Waals surface area contributed by atoms with Gasteiger partial charge in [0.05, 0.1) is 26.4 Å². The molecule has 0 fully saturated rings. The van der Waals surface area contributed by atoms with E-state index in [-0.39, 0.29) is 0 Å². The fourth-order valence-electron chi connectivity index (χ4n) is 1.80. The number of ether oxygens (including phenoxy) is 2. The van der Waals surface area contributed by atoms with E-state index in [0.717, 1.165) is 31.1 Å². The Morgan fingerprint density at radius 3 is 2.48 bits per heavy atom. The van der Waals surface area contributed by atoms with Crippen LogP contribution < -0.4 is 10.6 Å². The van der Waals surface area contributed by atoms with E-state index in [9.17, 15) is 0 Å². The normalized spacial score (nSPS) is 11.7. The zero-order valence-electron chi connectivity index (χ0n) is 14.8. The van der Waals surface area contributed by atoms with Gasteiger partial charge in [0, 0.05) is 27.2 Å². The van der Waals surface area contributed by atoms with Gasteiger partial charge in [-0.2, -0.15) is 0 Å². The van der Waals surface area contributed by atoms with Crippen LogP contribution in [0.1, 0.15) is 31.4 Å². The fraction of sp³-hybridized carbons (Fsp3) is 0.800. The van der Waals surface area contributed by atoms with Crippen molar-refractivity contribution < 1.29 is 9.47 Å². The first-order chi connectivity index (χ1) is 11.2. The largest absolute Gasteiger partial charge is 0.379 e. The molecule has 0 spiro atoms. The van der Waals surface area contributed by atoms with E-state index < -0.39 is 0 Å². The number of hydrogen-bond donors (Lipinski definition) is 2. The average molecular weight is 326 g/mol. The molecule has 0 amide bonds. The standard InChI is InChI=1S/C15H30N6O2/c1-5-6-8-22-10-11-23-9-7-17-15(16-3)18-12-14-20-19-13(2)21(14)4/h5-12H2,1-4H3,(H2,16,17,18). The van der Waals surface area contributed by atoms with Crippen molar-refractivity contribution in [1.82, 2.24) is 25.4 Å². The third-order valence-corrected chi connectivity index (χ3v) is 3.37. The molecule has 1 aromatic rings. The number of nitrogens with one attached hydrogen (secondary N) is 2. The average Bonchev–Trinajstić information content (AvgIpc) is 2.88. The molecule has 132 valence electrons. The summed E-state index contributed by atoms with van der Waals surface area (Å²) >= 11 is 0. The second-order valence-corrected chi connectivity index (χ2v) is 5.15. The molecule has 1 heterocycles. The van der Waals surface area contributed by atoms with E-state index in [1.54, 1.807) is 7.05 Å². The van der Waals surface area contributed by atoms with Gasteiger partial charge in [-0.15, -0.1) is 10.2 Å². The monoisotopic (exact) mass is 326 g/mol. The molecule has 0 unspecified atom stereocenters. The number of hydrogen-bond acceptors (Lipinski definition) is 5. The Morgan fingerprint density at radius 1 is 1.13 bits per heavy atom. The summed E-state index contributed by atoms with van der Waals surface area (Å²) in [4.78, 5) is 4.16. The van der Waals surface area contributed by atoms with Gasteiger partial charge in [0.1, 0.15) is 5.82 Å². The molecule has 0 saturated carbocycles. The smallest absolute Gasteiger partial charge is 0.191 e. The SMILES string of the molecule is CCCCOCCOCCNC(=NC)NCc1nnc(C)n1C. The van der Waals surface area contributed by atoms with Gasteiger partial charge in [-0.25, -0.2) is 0 Å². The van der Waals surface area contributed by atoms with E-state index in [4.69, 9.17) is 9.47 Å². The molecule has 8 nitrogen and oxygen atoms in total. The van der Waals surface area contributed by atoms with Crippen LogP contribution in [0.4, 0.5) is 0 Å². The summed E-state index contributed by atoms with van der Waals surface area (Å²) < 4.78 is 12.9. The lowest BCUT2D eigenvalue weighted by molar-refractivity contribution is 0.0487. The first-order valence-corrected chi connectivity index (χ1v) is 8.13. The molecular formula is C15H30N6O2. The van der Waals surface area contributed by atoms with Crippen LogP contribution in [0.2, 0.25) is 0 Å². The predicted molar refractivity (Wildman–Crippen MR) is 90.5 cm³/mol. The van der Waals surface area contributed by atoms with Crippen LogP contribution in [0.15, 0.2) is 4.99 Å². The van der Waals surface area contributed by atoms with Crippen molar-refractivity contribution in [3.05, 3.63) is 11.6 Å². The van der Waals surface area contributed by atoms with Crippen molar-refractivity contribution in [2.24, 2.45) is 12.0 Å². The molecule has 0 radical (unpaired) electrons. The Kier molecular flexibility index (Phi) is 9.97. The Morgan fingerprint density at radius 2 is 1.87 bits per heavy atom. The van der Waals surface area contributed by atoms with Gasteiger partial charge in [0.25, 0.3) is 0 Å². The molecule has 23 heavy (non-hydrogen) atoms. The highest BCUT2D eigenvalue weighted by Crippen LogP contribution is 1.96. The summed E-state index contributed by atoms with van der Waals surface area (Å²) in [5, 5.41) is 14.5. The van der Waals surface area contributed by atoms with E-state index in [1.807, 2.05) is 18.5 Å². The molecule has 0 saturated heterocycles. The number of rotatable bonds is 11. The third-order valence-electron chi connectivity index (χ3n) is 3.37. The minimum absolute atomic E-state index is 0.573. The van der Waals surface area contributed by atoms with E-state index >= 15 is 0 Å². The van der Waals surface area contributed by atoms with Gasteiger partial charge in [-0.1, -0.05) is 13.3 Å². The quantitative estimate of drug-likeness (QED) is 0.352. The number of unbranched alkanes of at least 4 members (excludes halogenated alkanes) is 1. The summed E-state index contributed by atoms with van der Waals surface area (Å²) in [5.41, 5.74) is 0. The second kappa shape index (κ2) is 11.8. The predicted octanol–water partition coefficient (Wildman–Crippen LogP) is 0.622. The molecule has 0 aromatic carbocycles. The molecule has 1 rings (SSSR count). The number of aromatic nitrogens is 3. The summed E-state index contributed by atoms with van der Waals surface area (Å²) in [6.45, 7) is 8.03. The number of aliphatic imine (C=N–C) groups is 1. The molecule has 2 N–H and O–H groups in total. The van der Waals surface area contributed by atoms with E-state index in [1.165, 1.54) is 0 Å². The summed E-state index contributed by atoms with van der Waals surface area (Å²) in [5.74, 6) is 2.47. The summed E-state index contributed by atoms with van der Waals surface area (Å²) in [6, 6.07) is 0. The molecule has 0 aliphatic carbocycles. The number of aryl methyl sites for hydroxylation is 1. The molecular weight excluding hydrogens is 296 g/mol. The third kappa shape index (κ3) is 7.94. The van der Waals surface area contributed by atoms with Crippen molar-refractivity contribution >= 4 is 5.96 Å². The Balaban J connectivity index is 2.07. The van der Waals surface area contributed by atoms with Gasteiger partial charge >= 0.3 is 0 Å².